The molecule has 0 aliphatic heterocycles. The van der Waals surface area contributed by atoms with Crippen LogP contribution >= 0.6 is 0 Å². The number of nitrogens with one attached hydrogen (secondary N) is 2. The summed E-state index contributed by atoms with van der Waals surface area (Å²) in [6.45, 7) is 7.97. The molecule has 0 saturated heterocycles. The molecule has 106 valence electrons. The molecule has 1 amide bonds. The van der Waals surface area contributed by atoms with Gasteiger partial charge in [0.05, 0.1) is 0 Å². The van der Waals surface area contributed by atoms with Gasteiger partial charge < -0.3 is 10.4 Å². The molecule has 0 radical (unpaired) electrons. The normalized spacial score (nSPS) is 11.4. The summed E-state index contributed by atoms with van der Waals surface area (Å²) in [6.07, 6.45) is 0. The van der Waals surface area contributed by atoms with E-state index in [-0.39, 0.29) is 17.1 Å². The Kier molecular flexibility index (Phi) is 3.53. The van der Waals surface area contributed by atoms with E-state index in [1.165, 1.54) is 6.07 Å². The summed E-state index contributed by atoms with van der Waals surface area (Å²) in [6, 6.07) is 6.47. The highest BCUT2D eigenvalue weighted by molar-refractivity contribution is 6.04. The second kappa shape index (κ2) is 5.00. The second-order valence-electron chi connectivity index (χ2n) is 5.87. The quantitative estimate of drug-likeness (QED) is 0.787. The van der Waals surface area contributed by atoms with Crippen LogP contribution in [0.2, 0.25) is 0 Å². The molecule has 0 aliphatic rings. The van der Waals surface area contributed by atoms with E-state index in [0.29, 0.717) is 16.9 Å². The molecule has 5 nitrogen and oxygen atoms in total. The highest BCUT2D eigenvalue weighted by Crippen LogP contribution is 2.22. The van der Waals surface area contributed by atoms with Gasteiger partial charge in [-0.1, -0.05) is 20.8 Å². The number of phenols is 1. The molecule has 3 N–H and O–H groups in total. The number of phenolic OH excluding ortho intramolecular Hbond substituents is 1. The lowest BCUT2D eigenvalue weighted by Gasteiger charge is -2.14. The van der Waals surface area contributed by atoms with Gasteiger partial charge in [0.1, 0.15) is 5.75 Å². The summed E-state index contributed by atoms with van der Waals surface area (Å²) >= 11 is 0. The smallest absolute Gasteiger partial charge is 0.257 e. The van der Waals surface area contributed by atoms with Crippen molar-refractivity contribution >= 4 is 11.7 Å². The van der Waals surface area contributed by atoms with Gasteiger partial charge in [-0.25, -0.2) is 0 Å². The van der Waals surface area contributed by atoms with E-state index in [4.69, 9.17) is 0 Å². The summed E-state index contributed by atoms with van der Waals surface area (Å²) in [5.74, 6) is 0.399. The minimum atomic E-state index is -0.241. The molecule has 0 aliphatic carbocycles. The number of carbonyl (C=O) groups excluding carboxylic acids is 1. The predicted octanol–water partition coefficient (Wildman–Crippen LogP) is 2.97. The molecule has 0 saturated carbocycles. The van der Waals surface area contributed by atoms with E-state index in [9.17, 15) is 9.90 Å². The van der Waals surface area contributed by atoms with Gasteiger partial charge >= 0.3 is 0 Å². The maximum absolute atomic E-state index is 12.2. The molecule has 1 aromatic carbocycles. The molecule has 5 heteroatoms. The first-order chi connectivity index (χ1) is 9.27. The van der Waals surface area contributed by atoms with Crippen molar-refractivity contribution in [3.63, 3.8) is 0 Å². The first-order valence-electron chi connectivity index (χ1n) is 6.44. The molecule has 2 aromatic rings. The Morgan fingerprint density at radius 2 is 2.00 bits per heavy atom. The van der Waals surface area contributed by atoms with Crippen molar-refractivity contribution < 1.29 is 9.90 Å². The molecular weight excluding hydrogens is 254 g/mol. The number of amides is 1. The minimum Gasteiger partial charge on any atom is -0.508 e. The van der Waals surface area contributed by atoms with Crippen LogP contribution in [0.15, 0.2) is 24.3 Å². The number of anilines is 1. The fraction of sp³-hybridized carbons (Fsp3) is 0.333. The van der Waals surface area contributed by atoms with Crippen LogP contribution in [0.25, 0.3) is 0 Å². The third-order valence-corrected chi connectivity index (χ3v) is 3.08. The molecule has 0 fully saturated rings. The van der Waals surface area contributed by atoms with Gasteiger partial charge in [-0.3, -0.25) is 9.89 Å². The predicted molar refractivity (Wildman–Crippen MR) is 78.1 cm³/mol. The fourth-order valence-electron chi connectivity index (χ4n) is 1.86. The van der Waals surface area contributed by atoms with Crippen molar-refractivity contribution in [2.24, 2.45) is 0 Å². The number of aromatic amines is 1. The largest absolute Gasteiger partial charge is 0.508 e. The van der Waals surface area contributed by atoms with Crippen LogP contribution in [0, 0.1) is 6.92 Å². The zero-order valence-corrected chi connectivity index (χ0v) is 12.1. The SMILES string of the molecule is Cc1cc(O)ccc1C(=O)Nc1cc(C(C)(C)C)[nH]n1. The number of H-pyrrole nitrogens is 1. The zero-order chi connectivity index (χ0) is 14.9. The number of aromatic hydroxyl groups is 1. The fourth-order valence-corrected chi connectivity index (χ4v) is 1.86. The number of hydrogen-bond donors (Lipinski definition) is 3. The molecule has 0 unspecified atom stereocenters. The summed E-state index contributed by atoms with van der Waals surface area (Å²) in [5.41, 5.74) is 2.14. The Hall–Kier alpha value is -2.30. The Bertz CT molecular complexity index is 639. The van der Waals surface area contributed by atoms with Crippen LogP contribution in [0.1, 0.15) is 42.4 Å². The molecule has 0 spiro atoms. The van der Waals surface area contributed by atoms with E-state index in [0.717, 1.165) is 5.69 Å². The summed E-state index contributed by atoms with van der Waals surface area (Å²) < 4.78 is 0. The number of aromatic nitrogens is 2. The maximum Gasteiger partial charge on any atom is 0.257 e. The number of benzene rings is 1. The van der Waals surface area contributed by atoms with Crippen molar-refractivity contribution in [2.75, 3.05) is 5.32 Å². The number of carbonyl (C=O) groups is 1. The van der Waals surface area contributed by atoms with E-state index < -0.39 is 0 Å². The van der Waals surface area contributed by atoms with Crippen molar-refractivity contribution in [2.45, 2.75) is 33.1 Å². The van der Waals surface area contributed by atoms with E-state index >= 15 is 0 Å². The first kappa shape index (κ1) is 14.1. The van der Waals surface area contributed by atoms with Crippen LogP contribution in [-0.2, 0) is 5.41 Å². The van der Waals surface area contributed by atoms with Crippen LogP contribution in [0.4, 0.5) is 5.82 Å². The van der Waals surface area contributed by atoms with Gasteiger partial charge in [0.2, 0.25) is 0 Å². The van der Waals surface area contributed by atoms with Crippen molar-refractivity contribution in [3.05, 3.63) is 41.1 Å². The van der Waals surface area contributed by atoms with Crippen molar-refractivity contribution in [1.29, 1.82) is 0 Å². The lowest BCUT2D eigenvalue weighted by Crippen LogP contribution is -2.13. The molecule has 1 heterocycles. The third kappa shape index (κ3) is 2.99. The van der Waals surface area contributed by atoms with Crippen molar-refractivity contribution in [3.8, 4) is 5.75 Å². The van der Waals surface area contributed by atoms with Gasteiger partial charge in [0, 0.05) is 22.7 Å². The molecule has 20 heavy (non-hydrogen) atoms. The highest BCUT2D eigenvalue weighted by atomic mass is 16.3. The second-order valence-corrected chi connectivity index (χ2v) is 5.87. The lowest BCUT2D eigenvalue weighted by molar-refractivity contribution is 0.102. The molecule has 1 aromatic heterocycles. The average molecular weight is 273 g/mol. The summed E-state index contributed by atoms with van der Waals surface area (Å²) in [7, 11) is 0. The number of hydrogen-bond acceptors (Lipinski definition) is 3. The molecule has 0 bridgehead atoms. The Morgan fingerprint density at radius 3 is 2.55 bits per heavy atom. The number of nitrogens with zero attached hydrogens (tertiary/aromatic N) is 1. The van der Waals surface area contributed by atoms with Gasteiger partial charge in [-0.2, -0.15) is 5.10 Å². The molecule has 0 atom stereocenters. The number of rotatable bonds is 2. The summed E-state index contributed by atoms with van der Waals surface area (Å²) in [4.78, 5) is 12.2. The first-order valence-corrected chi connectivity index (χ1v) is 6.44. The van der Waals surface area contributed by atoms with Gasteiger partial charge in [0.25, 0.3) is 5.91 Å². The van der Waals surface area contributed by atoms with Crippen LogP contribution < -0.4 is 5.32 Å². The van der Waals surface area contributed by atoms with Gasteiger partial charge in [0.15, 0.2) is 5.82 Å². The average Bonchev–Trinajstić information content (AvgIpc) is 2.76. The Labute approximate surface area is 118 Å². The van der Waals surface area contributed by atoms with Crippen LogP contribution in [0.3, 0.4) is 0 Å². The van der Waals surface area contributed by atoms with Crippen LogP contribution in [-0.4, -0.2) is 21.2 Å². The highest BCUT2D eigenvalue weighted by Gasteiger charge is 2.18. The van der Waals surface area contributed by atoms with Crippen molar-refractivity contribution in [1.82, 2.24) is 10.2 Å². The topological polar surface area (TPSA) is 78.0 Å². The standard InChI is InChI=1S/C15H19N3O2/c1-9-7-10(19)5-6-11(9)14(20)16-13-8-12(17-18-13)15(2,3)4/h5-8,19H,1-4H3,(H2,16,17,18,20). The van der Waals surface area contributed by atoms with E-state index in [2.05, 4.69) is 36.3 Å². The Balaban J connectivity index is 2.17. The van der Waals surface area contributed by atoms with Gasteiger partial charge in [-0.15, -0.1) is 0 Å². The molecule has 2 rings (SSSR count). The van der Waals surface area contributed by atoms with Crippen LogP contribution in [0.5, 0.6) is 5.75 Å². The van der Waals surface area contributed by atoms with E-state index in [1.807, 2.05) is 6.07 Å². The van der Waals surface area contributed by atoms with E-state index in [1.54, 1.807) is 19.1 Å². The van der Waals surface area contributed by atoms with Gasteiger partial charge in [-0.05, 0) is 30.7 Å². The zero-order valence-electron chi connectivity index (χ0n) is 12.1. The lowest BCUT2D eigenvalue weighted by atomic mass is 9.92. The number of aryl methyl sites for hydroxylation is 1. The third-order valence-electron chi connectivity index (χ3n) is 3.08. The Morgan fingerprint density at radius 1 is 1.30 bits per heavy atom. The monoisotopic (exact) mass is 273 g/mol. The minimum absolute atomic E-state index is 0.0512. The summed E-state index contributed by atoms with van der Waals surface area (Å²) in [5, 5.41) is 19.1. The molecular formula is C15H19N3O2. The maximum atomic E-state index is 12.2.